The molecule has 0 unspecified atom stereocenters. The Labute approximate surface area is 97.6 Å². The van der Waals surface area contributed by atoms with Crippen molar-refractivity contribution in [2.75, 3.05) is 6.54 Å². The lowest BCUT2D eigenvalue weighted by Crippen LogP contribution is -2.12. The third kappa shape index (κ3) is 2.47. The first-order chi connectivity index (χ1) is 6.27. The molecule has 14 heavy (non-hydrogen) atoms. The fourth-order valence-corrected chi connectivity index (χ4v) is 1.94. The Kier molecular flexibility index (Phi) is 4.35. The second-order valence-electron chi connectivity index (χ2n) is 3.32. The molecule has 0 aromatic heterocycles. The van der Waals surface area contributed by atoms with Crippen molar-refractivity contribution in [2.24, 2.45) is 0 Å². The number of nitrogens with one attached hydrogen (secondary N) is 1. The summed E-state index contributed by atoms with van der Waals surface area (Å²) < 4.78 is 13.7. The quantitative estimate of drug-likeness (QED) is 0.831. The van der Waals surface area contributed by atoms with E-state index in [9.17, 15) is 4.39 Å². The standard InChI is InChI=1S/C10H11BrFN.ClH/c11-8-4-3-7(6-9(8)12)10-2-1-5-13-10;/h3-4,6,10,13H,1-2,5H2;1H/t10-;/m1./s1. The third-order valence-corrected chi connectivity index (χ3v) is 3.05. The minimum Gasteiger partial charge on any atom is -0.310 e. The summed E-state index contributed by atoms with van der Waals surface area (Å²) in [6.07, 6.45) is 2.30. The first-order valence-electron chi connectivity index (χ1n) is 4.46. The van der Waals surface area contributed by atoms with Gasteiger partial charge in [-0.05, 0) is 53.0 Å². The summed E-state index contributed by atoms with van der Waals surface area (Å²) in [6, 6.07) is 5.69. The van der Waals surface area contributed by atoms with E-state index >= 15 is 0 Å². The van der Waals surface area contributed by atoms with Crippen LogP contribution in [-0.4, -0.2) is 6.54 Å². The van der Waals surface area contributed by atoms with Crippen molar-refractivity contribution in [1.29, 1.82) is 0 Å². The molecule has 0 bridgehead atoms. The Morgan fingerprint density at radius 1 is 1.43 bits per heavy atom. The monoisotopic (exact) mass is 279 g/mol. The molecule has 1 N–H and O–H groups in total. The van der Waals surface area contributed by atoms with E-state index < -0.39 is 0 Å². The van der Waals surface area contributed by atoms with E-state index in [2.05, 4.69) is 21.2 Å². The first kappa shape index (κ1) is 12.0. The van der Waals surface area contributed by atoms with Crippen LogP contribution in [0.3, 0.4) is 0 Å². The van der Waals surface area contributed by atoms with Crippen molar-refractivity contribution >= 4 is 28.3 Å². The van der Waals surface area contributed by atoms with Crippen LogP contribution in [0, 0.1) is 5.82 Å². The Balaban J connectivity index is 0.000000980. The van der Waals surface area contributed by atoms with Gasteiger partial charge in [0.05, 0.1) is 4.47 Å². The minimum atomic E-state index is -0.175. The lowest BCUT2D eigenvalue weighted by atomic mass is 10.1. The lowest BCUT2D eigenvalue weighted by Gasteiger charge is -2.10. The minimum absolute atomic E-state index is 0. The van der Waals surface area contributed by atoms with E-state index in [1.54, 1.807) is 12.1 Å². The molecule has 1 fully saturated rings. The first-order valence-corrected chi connectivity index (χ1v) is 5.25. The Bertz CT molecular complexity index is 313. The van der Waals surface area contributed by atoms with Gasteiger partial charge in [0.15, 0.2) is 0 Å². The molecule has 1 nitrogen and oxygen atoms in total. The summed E-state index contributed by atoms with van der Waals surface area (Å²) in [5, 5.41) is 3.34. The second-order valence-corrected chi connectivity index (χ2v) is 4.18. The van der Waals surface area contributed by atoms with Gasteiger partial charge in [0.25, 0.3) is 0 Å². The number of hydrogen-bond acceptors (Lipinski definition) is 1. The highest BCUT2D eigenvalue weighted by Crippen LogP contribution is 2.25. The van der Waals surface area contributed by atoms with Gasteiger partial charge in [-0.15, -0.1) is 12.4 Å². The molecule has 1 aliphatic rings. The van der Waals surface area contributed by atoms with Crippen molar-refractivity contribution in [3.05, 3.63) is 34.1 Å². The van der Waals surface area contributed by atoms with Gasteiger partial charge < -0.3 is 5.32 Å². The molecule has 0 spiro atoms. The van der Waals surface area contributed by atoms with Crippen molar-refractivity contribution < 1.29 is 4.39 Å². The fourth-order valence-electron chi connectivity index (χ4n) is 1.70. The van der Waals surface area contributed by atoms with E-state index in [4.69, 9.17) is 0 Å². The van der Waals surface area contributed by atoms with Gasteiger partial charge in [0.2, 0.25) is 0 Å². The normalized spacial score (nSPS) is 20.6. The van der Waals surface area contributed by atoms with Crippen LogP contribution in [0.25, 0.3) is 0 Å². The summed E-state index contributed by atoms with van der Waals surface area (Å²) in [5.74, 6) is -0.175. The molecule has 1 heterocycles. The maximum absolute atomic E-state index is 13.2. The molecule has 1 aromatic carbocycles. The SMILES string of the molecule is Cl.Fc1cc([C@H]2CCCN2)ccc1Br. The molecule has 1 saturated heterocycles. The average Bonchev–Trinajstić information content (AvgIpc) is 2.62. The van der Waals surface area contributed by atoms with Gasteiger partial charge in [-0.25, -0.2) is 4.39 Å². The Morgan fingerprint density at radius 2 is 2.21 bits per heavy atom. The number of benzene rings is 1. The van der Waals surface area contributed by atoms with Gasteiger partial charge in [-0.2, -0.15) is 0 Å². The zero-order chi connectivity index (χ0) is 9.26. The van der Waals surface area contributed by atoms with E-state index in [-0.39, 0.29) is 18.2 Å². The molecule has 0 amide bonds. The number of hydrogen-bond donors (Lipinski definition) is 1. The molecule has 1 atom stereocenters. The summed E-state index contributed by atoms with van der Waals surface area (Å²) in [5.41, 5.74) is 1.05. The van der Waals surface area contributed by atoms with Gasteiger partial charge in [0.1, 0.15) is 5.82 Å². The van der Waals surface area contributed by atoms with Crippen molar-refractivity contribution in [3.63, 3.8) is 0 Å². The summed E-state index contributed by atoms with van der Waals surface area (Å²) in [7, 11) is 0. The summed E-state index contributed by atoms with van der Waals surface area (Å²) >= 11 is 3.14. The maximum Gasteiger partial charge on any atom is 0.137 e. The topological polar surface area (TPSA) is 12.0 Å². The van der Waals surface area contributed by atoms with E-state index in [1.807, 2.05) is 6.07 Å². The molecular weight excluding hydrogens is 268 g/mol. The fraction of sp³-hybridized carbons (Fsp3) is 0.400. The van der Waals surface area contributed by atoms with Gasteiger partial charge >= 0.3 is 0 Å². The number of rotatable bonds is 1. The van der Waals surface area contributed by atoms with Gasteiger partial charge in [0, 0.05) is 6.04 Å². The van der Waals surface area contributed by atoms with Crippen LogP contribution in [0.15, 0.2) is 22.7 Å². The third-order valence-electron chi connectivity index (χ3n) is 2.41. The van der Waals surface area contributed by atoms with Gasteiger partial charge in [-0.1, -0.05) is 6.07 Å². The average molecular weight is 281 g/mol. The zero-order valence-electron chi connectivity index (χ0n) is 7.59. The summed E-state index contributed by atoms with van der Waals surface area (Å²) in [4.78, 5) is 0. The van der Waals surface area contributed by atoms with Crippen LogP contribution in [0.2, 0.25) is 0 Å². The van der Waals surface area contributed by atoms with Crippen LogP contribution in [0.4, 0.5) is 4.39 Å². The van der Waals surface area contributed by atoms with Crippen LogP contribution in [-0.2, 0) is 0 Å². The Hall–Kier alpha value is -0.120. The largest absolute Gasteiger partial charge is 0.310 e. The van der Waals surface area contributed by atoms with Crippen LogP contribution >= 0.6 is 28.3 Å². The zero-order valence-corrected chi connectivity index (χ0v) is 10.00. The van der Waals surface area contributed by atoms with Crippen LogP contribution < -0.4 is 5.32 Å². The molecule has 4 heteroatoms. The van der Waals surface area contributed by atoms with Crippen molar-refractivity contribution in [2.45, 2.75) is 18.9 Å². The smallest absolute Gasteiger partial charge is 0.137 e. The Morgan fingerprint density at radius 3 is 2.79 bits per heavy atom. The highest BCUT2D eigenvalue weighted by molar-refractivity contribution is 9.10. The predicted molar refractivity (Wildman–Crippen MR) is 61.3 cm³/mol. The highest BCUT2D eigenvalue weighted by atomic mass is 79.9. The van der Waals surface area contributed by atoms with Crippen molar-refractivity contribution in [1.82, 2.24) is 5.32 Å². The molecule has 78 valence electrons. The van der Waals surface area contributed by atoms with Gasteiger partial charge in [-0.3, -0.25) is 0 Å². The molecule has 0 aliphatic carbocycles. The number of halogens is 3. The molecule has 0 saturated carbocycles. The molecule has 0 radical (unpaired) electrons. The second kappa shape index (κ2) is 5.10. The summed E-state index contributed by atoms with van der Waals surface area (Å²) in [6.45, 7) is 1.04. The van der Waals surface area contributed by atoms with E-state index in [1.165, 1.54) is 6.42 Å². The molecule has 2 rings (SSSR count). The van der Waals surface area contributed by atoms with E-state index in [0.717, 1.165) is 18.5 Å². The predicted octanol–water partition coefficient (Wildman–Crippen LogP) is 3.43. The molecule has 1 aliphatic heterocycles. The van der Waals surface area contributed by atoms with Crippen molar-refractivity contribution in [3.8, 4) is 0 Å². The molecule has 1 aromatic rings. The van der Waals surface area contributed by atoms with E-state index in [0.29, 0.717) is 10.5 Å². The maximum atomic E-state index is 13.2. The van der Waals surface area contributed by atoms with Crippen LogP contribution in [0.5, 0.6) is 0 Å². The van der Waals surface area contributed by atoms with Crippen LogP contribution in [0.1, 0.15) is 24.4 Å². The lowest BCUT2D eigenvalue weighted by molar-refractivity contribution is 0.601. The highest BCUT2D eigenvalue weighted by Gasteiger charge is 2.16. The molecular formula is C10H12BrClFN.